The number of hydrogen-bond donors (Lipinski definition) is 6. The monoisotopic (exact) mass is 899 g/mol. The second-order valence-electron chi connectivity index (χ2n) is 11.7. The Balaban J connectivity index is 1.82. The van der Waals surface area contributed by atoms with Crippen LogP contribution in [-0.4, -0.2) is 79.8 Å². The molecule has 0 fully saturated rings. The largest absolute Gasteiger partial charge is 0.494 e. The molecular formula is C31H33N9O15S4. The highest BCUT2D eigenvalue weighted by molar-refractivity contribution is 7.91. The van der Waals surface area contributed by atoms with Crippen molar-refractivity contribution in [2.24, 2.45) is 30.7 Å². The van der Waals surface area contributed by atoms with Gasteiger partial charge in [0.1, 0.15) is 55.4 Å². The molecule has 0 atom stereocenters. The number of hydrogen-bond acceptors (Lipinski definition) is 20. The van der Waals surface area contributed by atoms with Gasteiger partial charge in [0.2, 0.25) is 5.91 Å². The quantitative estimate of drug-likeness (QED) is 0.0461. The molecule has 0 unspecified atom stereocenters. The van der Waals surface area contributed by atoms with E-state index in [-0.39, 0.29) is 39.9 Å². The molecule has 0 aliphatic carbocycles. The number of nitrogen functional groups attached to an aromatic ring is 2. The van der Waals surface area contributed by atoms with Crippen LogP contribution in [0.2, 0.25) is 0 Å². The van der Waals surface area contributed by atoms with Gasteiger partial charge < -0.3 is 26.3 Å². The van der Waals surface area contributed by atoms with Gasteiger partial charge in [0.25, 0.3) is 20.2 Å². The smallest absolute Gasteiger partial charge is 0.397 e. The molecule has 59 heavy (non-hydrogen) atoms. The van der Waals surface area contributed by atoms with Crippen molar-refractivity contribution in [1.29, 1.82) is 0 Å². The summed E-state index contributed by atoms with van der Waals surface area (Å²) in [5.74, 6) is -1.63. The Bertz CT molecular complexity index is 2870. The van der Waals surface area contributed by atoms with Crippen molar-refractivity contribution in [3.05, 3.63) is 60.2 Å². The summed E-state index contributed by atoms with van der Waals surface area (Å²) in [6, 6.07) is 10.4. The molecule has 0 radical (unpaired) electrons. The topological polar surface area (TPSA) is 380 Å². The van der Waals surface area contributed by atoms with E-state index in [1.165, 1.54) is 50.6 Å². The Morgan fingerprint density at radius 2 is 1.24 bits per heavy atom. The Morgan fingerprint density at radius 1 is 0.661 bits per heavy atom. The second kappa shape index (κ2) is 17.9. The van der Waals surface area contributed by atoms with Crippen molar-refractivity contribution in [2.75, 3.05) is 43.4 Å². The average molecular weight is 900 g/mol. The molecule has 0 saturated carbocycles. The van der Waals surface area contributed by atoms with E-state index in [1.807, 2.05) is 0 Å². The lowest BCUT2D eigenvalue weighted by Gasteiger charge is -2.12. The number of methoxy groups -OCH3 is 2. The predicted molar refractivity (Wildman–Crippen MR) is 208 cm³/mol. The van der Waals surface area contributed by atoms with Crippen LogP contribution in [0.1, 0.15) is 12.5 Å². The maximum atomic E-state index is 12.8. The Labute approximate surface area is 336 Å². The van der Waals surface area contributed by atoms with Crippen LogP contribution in [-0.2, 0) is 49.5 Å². The number of sulfone groups is 1. The van der Waals surface area contributed by atoms with E-state index < -0.39 is 96.2 Å². The fourth-order valence-corrected chi connectivity index (χ4v) is 7.62. The lowest BCUT2D eigenvalue weighted by molar-refractivity contribution is -0.114. The minimum Gasteiger partial charge on any atom is -0.494 e. The Morgan fingerprint density at radius 3 is 1.83 bits per heavy atom. The fraction of sp³-hybridized carbons (Fsp3) is 0.194. The SMILES string of the molecule is COc1ccc(S(=O)(=O)CCOS(=O)(=O)O)cc1N=Nc1cc(S(=O)(=O)O)c(N)c(N=Nc2cc(NC(C)=O)c(N=Nc3ccc(C)cc3S(=O)(=O)O)cc2OC)c1N. The zero-order valence-electron chi connectivity index (χ0n) is 30.8. The summed E-state index contributed by atoms with van der Waals surface area (Å²) in [5, 5.41) is 26.3. The molecule has 4 rings (SSSR count). The van der Waals surface area contributed by atoms with Crippen molar-refractivity contribution >= 4 is 97.6 Å². The van der Waals surface area contributed by atoms with Crippen molar-refractivity contribution in [2.45, 2.75) is 28.5 Å². The van der Waals surface area contributed by atoms with E-state index >= 15 is 0 Å². The molecule has 1 amide bonds. The summed E-state index contributed by atoms with van der Waals surface area (Å²) in [6.45, 7) is 1.82. The van der Waals surface area contributed by atoms with Crippen molar-refractivity contribution in [3.63, 3.8) is 0 Å². The highest BCUT2D eigenvalue weighted by atomic mass is 32.3. The minimum atomic E-state index is -5.11. The molecular weight excluding hydrogens is 867 g/mol. The molecule has 0 aliphatic rings. The maximum Gasteiger partial charge on any atom is 0.397 e. The molecule has 0 bridgehead atoms. The minimum absolute atomic E-state index is 0.0476. The molecule has 4 aromatic carbocycles. The van der Waals surface area contributed by atoms with Crippen LogP contribution >= 0.6 is 0 Å². The molecule has 316 valence electrons. The number of ether oxygens (including phenoxy) is 2. The van der Waals surface area contributed by atoms with Gasteiger partial charge in [-0.1, -0.05) is 6.07 Å². The second-order valence-corrected chi connectivity index (χ2v) is 17.7. The number of nitrogens with two attached hydrogens (primary N) is 2. The number of benzene rings is 4. The van der Waals surface area contributed by atoms with Gasteiger partial charge in [-0.05, 0) is 55.0 Å². The van der Waals surface area contributed by atoms with E-state index in [0.717, 1.165) is 25.1 Å². The standard InChI is InChI=1S/C31H33N9O15S4/c1-16-5-7-19(27(11-16)57(44,45)46)35-36-21-14-26(54-4)23(13-20(21)34-17(2)41)38-40-31-29(32)24(15-28(30(31)33)58(47,48)49)39-37-22-12-18(6-8-25(22)53-3)56(42,43)10-9-55-59(50,51)52/h5-8,11-15H,9-10,32-33H2,1-4H3,(H,34,41)(H,44,45,46)(H,47,48,49)(H,50,51,52). The van der Waals surface area contributed by atoms with Gasteiger partial charge >= 0.3 is 10.4 Å². The van der Waals surface area contributed by atoms with Gasteiger partial charge in [-0.25, -0.2) is 12.6 Å². The first-order chi connectivity index (χ1) is 27.3. The third kappa shape index (κ3) is 11.8. The molecule has 0 heterocycles. The van der Waals surface area contributed by atoms with E-state index in [0.29, 0.717) is 5.56 Å². The van der Waals surface area contributed by atoms with Crippen LogP contribution in [0.4, 0.5) is 51.2 Å². The van der Waals surface area contributed by atoms with E-state index in [1.54, 1.807) is 6.92 Å². The number of nitrogens with one attached hydrogen (secondary N) is 1. The van der Waals surface area contributed by atoms with Crippen molar-refractivity contribution in [1.82, 2.24) is 0 Å². The van der Waals surface area contributed by atoms with Crippen LogP contribution in [0.15, 0.2) is 100.0 Å². The number of azo groups is 3. The first-order valence-corrected chi connectivity index (χ1v) is 21.8. The summed E-state index contributed by atoms with van der Waals surface area (Å²) in [4.78, 5) is 10.2. The number of anilines is 3. The number of rotatable bonds is 16. The van der Waals surface area contributed by atoms with Crippen LogP contribution in [0, 0.1) is 6.92 Å². The number of carbonyl (C=O) groups is 1. The predicted octanol–water partition coefficient (Wildman–Crippen LogP) is 5.47. The zero-order valence-corrected chi connectivity index (χ0v) is 34.1. The van der Waals surface area contributed by atoms with Gasteiger partial charge in [0.05, 0.1) is 48.5 Å². The fourth-order valence-electron chi connectivity index (χ4n) is 4.78. The lowest BCUT2D eigenvalue weighted by atomic mass is 10.2. The summed E-state index contributed by atoms with van der Waals surface area (Å²) in [6.07, 6.45) is 0. The molecule has 0 saturated heterocycles. The van der Waals surface area contributed by atoms with Gasteiger partial charge in [0.15, 0.2) is 9.84 Å². The highest BCUT2D eigenvalue weighted by Gasteiger charge is 2.24. The molecule has 0 spiro atoms. The summed E-state index contributed by atoms with van der Waals surface area (Å²) < 4.78 is 139. The van der Waals surface area contributed by atoms with Gasteiger partial charge in [0, 0.05) is 13.0 Å². The summed E-state index contributed by atoms with van der Waals surface area (Å²) in [5.41, 5.74) is 9.77. The number of amides is 1. The molecule has 8 N–H and O–H groups in total. The Kier molecular flexibility index (Phi) is 13.8. The van der Waals surface area contributed by atoms with E-state index in [4.69, 9.17) is 25.5 Å². The van der Waals surface area contributed by atoms with Crippen LogP contribution in [0.25, 0.3) is 0 Å². The van der Waals surface area contributed by atoms with E-state index in [9.17, 15) is 47.6 Å². The first-order valence-electron chi connectivity index (χ1n) is 15.9. The van der Waals surface area contributed by atoms with E-state index in [2.05, 4.69) is 40.2 Å². The third-order valence-corrected chi connectivity index (χ3v) is 11.4. The molecule has 0 aromatic heterocycles. The molecule has 24 nitrogen and oxygen atoms in total. The molecule has 0 aliphatic heterocycles. The van der Waals surface area contributed by atoms with Crippen LogP contribution < -0.4 is 26.3 Å². The van der Waals surface area contributed by atoms with Gasteiger partial charge in [-0.2, -0.15) is 25.3 Å². The first kappa shape index (κ1) is 45.7. The summed E-state index contributed by atoms with van der Waals surface area (Å²) >= 11 is 0. The zero-order chi connectivity index (χ0) is 44.1. The average Bonchev–Trinajstić information content (AvgIpc) is 3.12. The lowest BCUT2D eigenvalue weighted by Crippen LogP contribution is -2.15. The number of nitrogens with zero attached hydrogens (tertiary/aromatic N) is 6. The van der Waals surface area contributed by atoms with Gasteiger partial charge in [-0.3, -0.25) is 18.5 Å². The Hall–Kier alpha value is -6.01. The molecule has 4 aromatic rings. The van der Waals surface area contributed by atoms with Crippen molar-refractivity contribution < 1.29 is 65.8 Å². The normalized spacial score (nSPS) is 12.7. The van der Waals surface area contributed by atoms with Crippen molar-refractivity contribution in [3.8, 4) is 11.5 Å². The number of carbonyl (C=O) groups excluding carboxylic acids is 1. The number of aryl methyl sites for hydroxylation is 1. The van der Waals surface area contributed by atoms with Gasteiger partial charge in [-0.15, -0.1) is 30.7 Å². The van der Waals surface area contributed by atoms with Crippen LogP contribution in [0.3, 0.4) is 0 Å². The van der Waals surface area contributed by atoms with Crippen LogP contribution in [0.5, 0.6) is 11.5 Å². The highest BCUT2D eigenvalue weighted by Crippen LogP contribution is 2.45. The maximum absolute atomic E-state index is 12.8. The summed E-state index contributed by atoms with van der Waals surface area (Å²) in [7, 11) is -16.6. The molecule has 28 heteroatoms. The third-order valence-electron chi connectivity index (χ3n) is 7.48.